The van der Waals surface area contributed by atoms with Crippen molar-refractivity contribution in [2.45, 2.75) is 26.1 Å². The van der Waals surface area contributed by atoms with Crippen molar-refractivity contribution in [3.63, 3.8) is 0 Å². The summed E-state index contributed by atoms with van der Waals surface area (Å²) < 4.78 is 18.4. The summed E-state index contributed by atoms with van der Waals surface area (Å²) in [5, 5.41) is 19.8. The predicted molar refractivity (Wildman–Crippen MR) is 54.8 cm³/mol. The molecule has 0 heterocycles. The van der Waals surface area contributed by atoms with Gasteiger partial charge in [0.15, 0.2) is 5.82 Å². The SMILES string of the molecule is CC(O)C(C)Oc1c(F)cccc1[N+](=O)[O-]. The van der Waals surface area contributed by atoms with E-state index in [2.05, 4.69) is 0 Å². The molecule has 2 atom stereocenters. The third-order valence-corrected chi connectivity index (χ3v) is 2.13. The number of nitrogens with zero attached hydrogens (tertiary/aromatic N) is 1. The van der Waals surface area contributed by atoms with Crippen LogP contribution in [0, 0.1) is 15.9 Å². The maximum Gasteiger partial charge on any atom is 0.314 e. The topological polar surface area (TPSA) is 72.6 Å². The van der Waals surface area contributed by atoms with Gasteiger partial charge in [0.2, 0.25) is 5.75 Å². The number of para-hydroxylation sites is 1. The average Bonchev–Trinajstić information content (AvgIpc) is 2.20. The van der Waals surface area contributed by atoms with E-state index in [4.69, 9.17) is 4.74 Å². The molecule has 0 spiro atoms. The first kappa shape index (κ1) is 12.4. The molecule has 0 bridgehead atoms. The van der Waals surface area contributed by atoms with Crippen molar-refractivity contribution in [3.8, 4) is 5.75 Å². The predicted octanol–water partition coefficient (Wildman–Crippen LogP) is 1.88. The molecule has 0 radical (unpaired) electrons. The summed E-state index contributed by atoms with van der Waals surface area (Å²) in [5.41, 5.74) is -0.451. The molecule has 1 aromatic carbocycles. The number of ether oxygens (including phenoxy) is 1. The first-order chi connectivity index (χ1) is 7.43. The molecule has 0 amide bonds. The third-order valence-electron chi connectivity index (χ3n) is 2.13. The Morgan fingerprint density at radius 1 is 1.50 bits per heavy atom. The number of nitro groups is 1. The first-order valence-electron chi connectivity index (χ1n) is 4.71. The van der Waals surface area contributed by atoms with Crippen LogP contribution in [0.2, 0.25) is 0 Å². The van der Waals surface area contributed by atoms with Crippen LogP contribution in [0.4, 0.5) is 10.1 Å². The van der Waals surface area contributed by atoms with Crippen molar-refractivity contribution in [1.82, 2.24) is 0 Å². The third kappa shape index (κ3) is 2.66. The molecule has 0 saturated heterocycles. The van der Waals surface area contributed by atoms with Crippen LogP contribution in [-0.4, -0.2) is 22.2 Å². The van der Waals surface area contributed by atoms with Gasteiger partial charge < -0.3 is 9.84 Å². The van der Waals surface area contributed by atoms with E-state index in [9.17, 15) is 19.6 Å². The van der Waals surface area contributed by atoms with E-state index in [-0.39, 0.29) is 0 Å². The molecule has 0 aliphatic rings. The number of hydrogen-bond donors (Lipinski definition) is 1. The monoisotopic (exact) mass is 229 g/mol. The van der Waals surface area contributed by atoms with Gasteiger partial charge in [0.05, 0.1) is 11.0 Å². The van der Waals surface area contributed by atoms with Crippen molar-refractivity contribution < 1.29 is 19.2 Å². The van der Waals surface area contributed by atoms with Crippen LogP contribution < -0.4 is 4.74 Å². The fraction of sp³-hybridized carbons (Fsp3) is 0.400. The van der Waals surface area contributed by atoms with Gasteiger partial charge in [0.1, 0.15) is 6.10 Å². The van der Waals surface area contributed by atoms with Gasteiger partial charge in [-0.15, -0.1) is 0 Å². The van der Waals surface area contributed by atoms with E-state index in [1.165, 1.54) is 19.9 Å². The zero-order valence-corrected chi connectivity index (χ0v) is 8.88. The Balaban J connectivity index is 3.06. The van der Waals surface area contributed by atoms with E-state index in [0.717, 1.165) is 12.1 Å². The summed E-state index contributed by atoms with van der Waals surface area (Å²) in [6.45, 7) is 2.96. The van der Waals surface area contributed by atoms with Crippen LogP contribution in [0.5, 0.6) is 5.75 Å². The van der Waals surface area contributed by atoms with Gasteiger partial charge in [0, 0.05) is 6.07 Å². The number of nitro benzene ring substituents is 1. The smallest absolute Gasteiger partial charge is 0.314 e. The summed E-state index contributed by atoms with van der Waals surface area (Å²) >= 11 is 0. The van der Waals surface area contributed by atoms with Crippen LogP contribution in [0.1, 0.15) is 13.8 Å². The van der Waals surface area contributed by atoms with Gasteiger partial charge in [-0.3, -0.25) is 10.1 Å². The minimum Gasteiger partial charge on any atom is -0.479 e. The van der Waals surface area contributed by atoms with Gasteiger partial charge in [0.25, 0.3) is 0 Å². The number of aliphatic hydroxyl groups excluding tert-OH is 1. The fourth-order valence-corrected chi connectivity index (χ4v) is 1.04. The Morgan fingerprint density at radius 3 is 2.62 bits per heavy atom. The second kappa shape index (κ2) is 4.89. The first-order valence-corrected chi connectivity index (χ1v) is 4.71. The van der Waals surface area contributed by atoms with E-state index in [0.29, 0.717) is 0 Å². The average molecular weight is 229 g/mol. The Morgan fingerprint density at radius 2 is 2.12 bits per heavy atom. The molecule has 2 unspecified atom stereocenters. The molecular weight excluding hydrogens is 217 g/mol. The summed E-state index contributed by atoms with van der Waals surface area (Å²) in [6.07, 6.45) is -1.57. The molecule has 0 fully saturated rings. The molecule has 16 heavy (non-hydrogen) atoms. The lowest BCUT2D eigenvalue weighted by atomic mass is 10.2. The second-order valence-electron chi connectivity index (χ2n) is 3.41. The number of benzene rings is 1. The highest BCUT2D eigenvalue weighted by Crippen LogP contribution is 2.30. The summed E-state index contributed by atoms with van der Waals surface area (Å²) in [4.78, 5) is 9.89. The normalized spacial score (nSPS) is 14.2. The van der Waals surface area contributed by atoms with Crippen molar-refractivity contribution in [3.05, 3.63) is 34.1 Å². The van der Waals surface area contributed by atoms with Crippen molar-refractivity contribution in [1.29, 1.82) is 0 Å². The Hall–Kier alpha value is -1.69. The maximum atomic E-state index is 13.3. The van der Waals surface area contributed by atoms with E-state index < -0.39 is 34.4 Å². The summed E-state index contributed by atoms with van der Waals surface area (Å²) in [7, 11) is 0. The fourth-order valence-electron chi connectivity index (χ4n) is 1.04. The lowest BCUT2D eigenvalue weighted by Crippen LogP contribution is -2.26. The molecule has 0 aliphatic heterocycles. The summed E-state index contributed by atoms with van der Waals surface area (Å²) in [6, 6.07) is 3.44. The van der Waals surface area contributed by atoms with Crippen molar-refractivity contribution >= 4 is 5.69 Å². The van der Waals surface area contributed by atoms with Gasteiger partial charge in [-0.1, -0.05) is 6.07 Å². The van der Waals surface area contributed by atoms with Crippen LogP contribution in [-0.2, 0) is 0 Å². The maximum absolute atomic E-state index is 13.3. The Labute approximate surface area is 91.6 Å². The van der Waals surface area contributed by atoms with Gasteiger partial charge in [-0.2, -0.15) is 0 Å². The summed E-state index contributed by atoms with van der Waals surface area (Å²) in [5.74, 6) is -1.26. The zero-order valence-electron chi connectivity index (χ0n) is 8.88. The highest BCUT2D eigenvalue weighted by Gasteiger charge is 2.22. The highest BCUT2D eigenvalue weighted by molar-refractivity contribution is 5.47. The Bertz CT molecular complexity index is 394. The minimum atomic E-state index is -0.848. The van der Waals surface area contributed by atoms with E-state index in [1.54, 1.807) is 0 Å². The standard InChI is InChI=1S/C10H12FNO4/c1-6(13)7(2)16-10-8(11)4-3-5-9(10)12(14)15/h3-7,13H,1-2H3. The molecule has 0 saturated carbocycles. The molecule has 0 aromatic heterocycles. The second-order valence-corrected chi connectivity index (χ2v) is 3.41. The van der Waals surface area contributed by atoms with Crippen molar-refractivity contribution in [2.24, 2.45) is 0 Å². The molecule has 1 rings (SSSR count). The number of aliphatic hydroxyl groups is 1. The lowest BCUT2D eigenvalue weighted by Gasteiger charge is -2.17. The zero-order chi connectivity index (χ0) is 12.3. The lowest BCUT2D eigenvalue weighted by molar-refractivity contribution is -0.386. The van der Waals surface area contributed by atoms with Gasteiger partial charge in [-0.05, 0) is 19.9 Å². The van der Waals surface area contributed by atoms with E-state index in [1.807, 2.05) is 0 Å². The van der Waals surface area contributed by atoms with Gasteiger partial charge in [-0.25, -0.2) is 4.39 Å². The number of hydrogen-bond acceptors (Lipinski definition) is 4. The molecular formula is C10H12FNO4. The molecule has 1 aromatic rings. The number of halogens is 1. The van der Waals surface area contributed by atoms with Crippen LogP contribution in [0.25, 0.3) is 0 Å². The Kier molecular flexibility index (Phi) is 3.78. The molecule has 5 nitrogen and oxygen atoms in total. The van der Waals surface area contributed by atoms with E-state index >= 15 is 0 Å². The van der Waals surface area contributed by atoms with Gasteiger partial charge >= 0.3 is 5.69 Å². The molecule has 0 aliphatic carbocycles. The van der Waals surface area contributed by atoms with Crippen LogP contribution in [0.3, 0.4) is 0 Å². The van der Waals surface area contributed by atoms with Crippen molar-refractivity contribution in [2.75, 3.05) is 0 Å². The minimum absolute atomic E-state index is 0.444. The molecule has 88 valence electrons. The largest absolute Gasteiger partial charge is 0.479 e. The molecule has 6 heteroatoms. The highest BCUT2D eigenvalue weighted by atomic mass is 19.1. The number of rotatable bonds is 4. The quantitative estimate of drug-likeness (QED) is 0.632. The molecule has 1 N–H and O–H groups in total. The van der Waals surface area contributed by atoms with Crippen LogP contribution in [0.15, 0.2) is 18.2 Å². The van der Waals surface area contributed by atoms with Crippen LogP contribution >= 0.6 is 0 Å².